The Kier molecular flexibility index (Phi) is 10.3. The van der Waals surface area contributed by atoms with Gasteiger partial charge in [0.15, 0.2) is 0 Å². The number of benzene rings is 2. The first kappa shape index (κ1) is 26.3. The topological polar surface area (TPSA) is 113 Å². The van der Waals surface area contributed by atoms with Crippen molar-refractivity contribution in [3.05, 3.63) is 54.1 Å². The van der Waals surface area contributed by atoms with Crippen molar-refractivity contribution < 1.29 is 24.2 Å². The van der Waals surface area contributed by atoms with Crippen LogP contribution in [0.15, 0.2) is 48.5 Å². The van der Waals surface area contributed by atoms with E-state index in [-0.39, 0.29) is 18.6 Å². The van der Waals surface area contributed by atoms with E-state index in [1.807, 2.05) is 17.9 Å². The number of hydrogen-bond donors (Lipinski definition) is 2. The third-order valence-electron chi connectivity index (χ3n) is 4.85. The highest BCUT2D eigenvalue weighted by atomic mass is 35.5. The Labute approximate surface area is 202 Å². The maximum Gasteiger partial charge on any atom is 0.420 e. The molecule has 0 unspecified atom stereocenters. The van der Waals surface area contributed by atoms with E-state index >= 15 is 0 Å². The number of amides is 2. The molecule has 0 fully saturated rings. The third-order valence-corrected chi connectivity index (χ3v) is 5.19. The predicted molar refractivity (Wildman–Crippen MR) is 130 cm³/mol. The molecule has 0 aliphatic heterocycles. The summed E-state index contributed by atoms with van der Waals surface area (Å²) in [5.41, 5.74) is 7.22. The molecular formula is C23H27Cl2N3O5. The Morgan fingerprint density at radius 1 is 1.03 bits per heavy atom. The van der Waals surface area contributed by atoms with Gasteiger partial charge in [-0.3, -0.25) is 9.69 Å². The van der Waals surface area contributed by atoms with Gasteiger partial charge in [0.05, 0.1) is 0 Å². The van der Waals surface area contributed by atoms with Crippen LogP contribution >= 0.6 is 23.2 Å². The number of nitrogens with two attached hydrogens (primary N) is 1. The fourth-order valence-corrected chi connectivity index (χ4v) is 3.69. The number of aliphatic carboxylic acids is 1. The van der Waals surface area contributed by atoms with Crippen molar-refractivity contribution in [3.8, 4) is 5.75 Å². The predicted octanol–water partition coefficient (Wildman–Crippen LogP) is 4.00. The number of nitrogens with zero attached hydrogens (tertiary/aromatic N) is 2. The van der Waals surface area contributed by atoms with Crippen LogP contribution in [0.1, 0.15) is 18.4 Å². The van der Waals surface area contributed by atoms with Crippen molar-refractivity contribution in [1.29, 1.82) is 0 Å². The average Bonchev–Trinajstić information content (AvgIpc) is 2.76. The standard InChI is InChI=1S/C23H27Cl2N3O5/c1-16-3-2-4-18(15-16)28(20(22(30)31)9-10-21(26)29)23(32)33-19-7-5-17(6-8-19)27(13-11-24)14-12-25/h2-8,15,20H,9-14H2,1H3,(H2,26,29)(H,30,31)/t20-/m0/s1. The number of carboxylic acids is 1. The summed E-state index contributed by atoms with van der Waals surface area (Å²) in [6, 6.07) is 12.2. The van der Waals surface area contributed by atoms with Crippen LogP contribution in [0.25, 0.3) is 0 Å². The fraction of sp³-hybridized carbons (Fsp3) is 0.348. The van der Waals surface area contributed by atoms with E-state index in [2.05, 4.69) is 0 Å². The lowest BCUT2D eigenvalue weighted by molar-refractivity contribution is -0.138. The van der Waals surface area contributed by atoms with Gasteiger partial charge in [-0.2, -0.15) is 0 Å². The molecule has 8 nitrogen and oxygen atoms in total. The molecule has 0 heterocycles. The van der Waals surface area contributed by atoms with Crippen molar-refractivity contribution in [1.82, 2.24) is 0 Å². The molecule has 33 heavy (non-hydrogen) atoms. The number of halogens is 2. The lowest BCUT2D eigenvalue weighted by atomic mass is 10.1. The van der Waals surface area contributed by atoms with Crippen molar-refractivity contribution in [3.63, 3.8) is 0 Å². The smallest absolute Gasteiger partial charge is 0.420 e. The van der Waals surface area contributed by atoms with Crippen LogP contribution in [0, 0.1) is 6.92 Å². The summed E-state index contributed by atoms with van der Waals surface area (Å²) in [7, 11) is 0. The van der Waals surface area contributed by atoms with Crippen molar-refractivity contribution in [2.75, 3.05) is 34.6 Å². The lowest BCUT2D eigenvalue weighted by Crippen LogP contribution is -2.47. The summed E-state index contributed by atoms with van der Waals surface area (Å²) in [6.07, 6.45) is -1.24. The van der Waals surface area contributed by atoms with Crippen LogP contribution < -0.4 is 20.3 Å². The van der Waals surface area contributed by atoms with E-state index < -0.39 is 24.0 Å². The summed E-state index contributed by atoms with van der Waals surface area (Å²) in [6.45, 7) is 3.03. The van der Waals surface area contributed by atoms with Gasteiger partial charge in [-0.15, -0.1) is 23.2 Å². The quantitative estimate of drug-likeness (QED) is 0.430. The molecule has 2 amide bonds. The fourth-order valence-electron chi connectivity index (χ4n) is 3.28. The molecule has 0 spiro atoms. The number of carbonyl (C=O) groups excluding carboxylic acids is 2. The maximum atomic E-state index is 13.1. The molecule has 2 aromatic rings. The van der Waals surface area contributed by atoms with E-state index in [9.17, 15) is 19.5 Å². The minimum atomic E-state index is -1.34. The number of primary amides is 1. The number of anilines is 2. The first-order valence-corrected chi connectivity index (χ1v) is 11.4. The second-order valence-electron chi connectivity index (χ2n) is 7.29. The average molecular weight is 496 g/mol. The highest BCUT2D eigenvalue weighted by Crippen LogP contribution is 2.25. The zero-order valence-corrected chi connectivity index (χ0v) is 19.8. The first-order chi connectivity index (χ1) is 15.8. The first-order valence-electron chi connectivity index (χ1n) is 10.3. The minimum absolute atomic E-state index is 0.154. The van der Waals surface area contributed by atoms with Gasteiger partial charge in [0, 0.05) is 42.6 Å². The van der Waals surface area contributed by atoms with E-state index in [0.29, 0.717) is 30.5 Å². The van der Waals surface area contributed by atoms with Gasteiger partial charge in [-0.1, -0.05) is 12.1 Å². The van der Waals surface area contributed by atoms with Gasteiger partial charge in [0.2, 0.25) is 5.91 Å². The van der Waals surface area contributed by atoms with Crippen molar-refractivity contribution >= 4 is 52.5 Å². The summed E-state index contributed by atoms with van der Waals surface area (Å²) in [5, 5.41) is 9.77. The van der Waals surface area contributed by atoms with Gasteiger partial charge in [-0.05, 0) is 55.3 Å². The molecule has 178 valence electrons. The Bertz CT molecular complexity index is 949. The Morgan fingerprint density at radius 2 is 1.67 bits per heavy atom. The monoisotopic (exact) mass is 495 g/mol. The van der Waals surface area contributed by atoms with Crippen LogP contribution in [-0.4, -0.2) is 54.0 Å². The number of aryl methyl sites for hydroxylation is 1. The molecule has 0 aromatic heterocycles. The van der Waals surface area contributed by atoms with Gasteiger partial charge >= 0.3 is 12.1 Å². The molecular weight excluding hydrogens is 469 g/mol. The molecule has 1 atom stereocenters. The summed E-state index contributed by atoms with van der Waals surface area (Å²) >= 11 is 11.7. The van der Waals surface area contributed by atoms with E-state index in [1.165, 1.54) is 0 Å². The van der Waals surface area contributed by atoms with Crippen LogP contribution in [0.3, 0.4) is 0 Å². The number of carbonyl (C=O) groups is 3. The molecule has 2 rings (SSSR count). The Hall–Kier alpha value is -2.97. The SMILES string of the molecule is Cc1cccc(N(C(=O)Oc2ccc(N(CCCl)CCCl)cc2)[C@@H](CCC(N)=O)C(=O)O)c1. The second-order valence-corrected chi connectivity index (χ2v) is 8.05. The molecule has 0 bridgehead atoms. The Morgan fingerprint density at radius 3 is 2.18 bits per heavy atom. The van der Waals surface area contributed by atoms with Gasteiger partial charge in [0.1, 0.15) is 11.8 Å². The largest absolute Gasteiger partial charge is 0.480 e. The molecule has 3 N–H and O–H groups in total. The number of carboxylic acid groups (broad SMARTS) is 1. The lowest BCUT2D eigenvalue weighted by Gasteiger charge is -2.28. The van der Waals surface area contributed by atoms with Crippen molar-refractivity contribution in [2.45, 2.75) is 25.8 Å². The number of ether oxygens (including phenoxy) is 1. The number of rotatable bonds is 12. The summed E-state index contributed by atoms with van der Waals surface area (Å²) in [4.78, 5) is 39.4. The normalized spacial score (nSPS) is 11.5. The minimum Gasteiger partial charge on any atom is -0.480 e. The molecule has 10 heteroatoms. The van der Waals surface area contributed by atoms with E-state index in [0.717, 1.165) is 16.2 Å². The van der Waals surface area contributed by atoms with Crippen LogP contribution in [-0.2, 0) is 9.59 Å². The zero-order valence-electron chi connectivity index (χ0n) is 18.2. The highest BCUT2D eigenvalue weighted by molar-refractivity contribution is 6.18. The van der Waals surface area contributed by atoms with E-state index in [1.54, 1.807) is 42.5 Å². The molecule has 0 radical (unpaired) electrons. The van der Waals surface area contributed by atoms with Crippen LogP contribution in [0.4, 0.5) is 16.2 Å². The number of alkyl halides is 2. The third kappa shape index (κ3) is 7.83. The van der Waals surface area contributed by atoms with Gasteiger partial charge < -0.3 is 20.5 Å². The molecule has 0 aliphatic rings. The van der Waals surface area contributed by atoms with Crippen LogP contribution in [0.2, 0.25) is 0 Å². The number of hydrogen-bond acceptors (Lipinski definition) is 5. The zero-order chi connectivity index (χ0) is 24.4. The molecule has 0 saturated carbocycles. The molecule has 0 aliphatic carbocycles. The highest BCUT2D eigenvalue weighted by Gasteiger charge is 2.33. The second kappa shape index (κ2) is 12.9. The van der Waals surface area contributed by atoms with Gasteiger partial charge in [0.25, 0.3) is 0 Å². The van der Waals surface area contributed by atoms with Crippen molar-refractivity contribution in [2.24, 2.45) is 5.73 Å². The molecule has 2 aromatic carbocycles. The van der Waals surface area contributed by atoms with E-state index in [4.69, 9.17) is 33.7 Å². The molecule has 0 saturated heterocycles. The maximum absolute atomic E-state index is 13.1. The van der Waals surface area contributed by atoms with Gasteiger partial charge in [-0.25, -0.2) is 9.59 Å². The summed E-state index contributed by atoms with van der Waals surface area (Å²) < 4.78 is 5.50. The Balaban J connectivity index is 2.30. The van der Waals surface area contributed by atoms with Crippen LogP contribution in [0.5, 0.6) is 5.75 Å². The summed E-state index contributed by atoms with van der Waals surface area (Å²) in [5.74, 6) is -0.838.